The minimum absolute atomic E-state index is 0.267. The third-order valence-corrected chi connectivity index (χ3v) is 3.95. The summed E-state index contributed by atoms with van der Waals surface area (Å²) in [5, 5.41) is 0. The van der Waals surface area contributed by atoms with Crippen molar-refractivity contribution in [3.8, 4) is 11.1 Å². The number of nitrogens with zero attached hydrogens (tertiary/aromatic N) is 3. The van der Waals surface area contributed by atoms with Crippen molar-refractivity contribution in [2.24, 2.45) is 5.84 Å². The van der Waals surface area contributed by atoms with Gasteiger partial charge < -0.3 is 0 Å². The van der Waals surface area contributed by atoms with Gasteiger partial charge in [-0.15, -0.1) is 0 Å². The summed E-state index contributed by atoms with van der Waals surface area (Å²) in [6.45, 7) is 2.14. The van der Waals surface area contributed by atoms with E-state index in [4.69, 9.17) is 5.84 Å². The summed E-state index contributed by atoms with van der Waals surface area (Å²) in [4.78, 5) is 31.8. The van der Waals surface area contributed by atoms with Crippen molar-refractivity contribution in [1.82, 2.24) is 20.0 Å². The van der Waals surface area contributed by atoms with E-state index in [-0.39, 0.29) is 12.2 Å². The van der Waals surface area contributed by atoms with Crippen molar-refractivity contribution in [1.29, 1.82) is 0 Å². The molecule has 7 nitrogen and oxygen atoms in total. The maximum atomic E-state index is 12.2. The monoisotopic (exact) mass is 335 g/mol. The summed E-state index contributed by atoms with van der Waals surface area (Å²) in [6.07, 6.45) is 3.01. The molecule has 7 heteroatoms. The quantitative estimate of drug-likeness (QED) is 0.424. The number of hydrazine groups is 1. The Balaban J connectivity index is 1.95. The predicted molar refractivity (Wildman–Crippen MR) is 93.7 cm³/mol. The van der Waals surface area contributed by atoms with Crippen molar-refractivity contribution < 1.29 is 4.79 Å². The highest BCUT2D eigenvalue weighted by atomic mass is 16.2. The predicted octanol–water partition coefficient (Wildman–Crippen LogP) is 1.27. The van der Waals surface area contributed by atoms with Gasteiger partial charge in [-0.05, 0) is 24.6 Å². The summed E-state index contributed by atoms with van der Waals surface area (Å²) >= 11 is 0. The van der Waals surface area contributed by atoms with Gasteiger partial charge in [0.25, 0.3) is 5.91 Å². The average Bonchev–Trinajstić information content (AvgIpc) is 2.65. The summed E-state index contributed by atoms with van der Waals surface area (Å²) in [6, 6.07) is 13.0. The molecule has 1 aromatic carbocycles. The van der Waals surface area contributed by atoms with Crippen molar-refractivity contribution in [3.05, 3.63) is 82.3 Å². The molecule has 0 bridgehead atoms. The highest BCUT2D eigenvalue weighted by Gasteiger charge is 2.11. The summed E-state index contributed by atoms with van der Waals surface area (Å²) in [5.41, 5.74) is 5.38. The maximum absolute atomic E-state index is 12.2. The molecule has 0 aliphatic rings. The Morgan fingerprint density at radius 2 is 1.88 bits per heavy atom. The number of nitrogens with two attached hydrogens (primary N) is 1. The Hall–Kier alpha value is -3.32. The number of nitrogen functional groups attached to an aromatic ring is 1. The first-order chi connectivity index (χ1) is 12.1. The Bertz CT molecular complexity index is 949. The van der Waals surface area contributed by atoms with Gasteiger partial charge >= 0.3 is 5.69 Å². The lowest BCUT2D eigenvalue weighted by atomic mass is 10.1. The third kappa shape index (κ3) is 3.46. The van der Waals surface area contributed by atoms with Crippen LogP contribution in [0.1, 0.15) is 21.7 Å². The van der Waals surface area contributed by atoms with Crippen LogP contribution in [0.5, 0.6) is 0 Å². The molecule has 0 fully saturated rings. The number of amides is 1. The van der Waals surface area contributed by atoms with E-state index in [0.717, 1.165) is 16.8 Å². The molecule has 0 aliphatic carbocycles. The zero-order valence-electron chi connectivity index (χ0n) is 13.6. The first kappa shape index (κ1) is 16.5. The number of hydrogen-bond acceptors (Lipinski definition) is 5. The molecule has 0 spiro atoms. The lowest BCUT2D eigenvalue weighted by molar-refractivity contribution is 0.0953. The molecule has 0 unspecified atom stereocenters. The van der Waals surface area contributed by atoms with Gasteiger partial charge in [0.05, 0.1) is 17.8 Å². The highest BCUT2D eigenvalue weighted by Crippen LogP contribution is 2.21. The maximum Gasteiger partial charge on any atom is 0.348 e. The summed E-state index contributed by atoms with van der Waals surface area (Å²) in [5.74, 6) is 4.68. The standard InChI is InChI=1S/C18H17N5O2/c1-12-16(13-5-3-2-4-6-13)10-21-18(25)23(12)11-15-8-7-14(9-20-15)17(24)22-19/h2-10H,11,19H2,1H3,(H,22,24). The van der Waals surface area contributed by atoms with E-state index in [0.29, 0.717) is 11.3 Å². The van der Waals surface area contributed by atoms with E-state index in [2.05, 4.69) is 15.4 Å². The first-order valence-corrected chi connectivity index (χ1v) is 7.68. The molecule has 2 heterocycles. The van der Waals surface area contributed by atoms with E-state index in [1.54, 1.807) is 22.9 Å². The second-order valence-corrected chi connectivity index (χ2v) is 5.50. The fourth-order valence-corrected chi connectivity index (χ4v) is 2.56. The van der Waals surface area contributed by atoms with Crippen molar-refractivity contribution in [3.63, 3.8) is 0 Å². The van der Waals surface area contributed by atoms with Crippen LogP contribution in [0.2, 0.25) is 0 Å². The summed E-state index contributed by atoms with van der Waals surface area (Å²) < 4.78 is 1.56. The molecular weight excluding hydrogens is 318 g/mol. The number of carbonyl (C=O) groups is 1. The Kier molecular flexibility index (Phi) is 4.67. The second kappa shape index (κ2) is 7.06. The van der Waals surface area contributed by atoms with E-state index in [1.165, 1.54) is 6.20 Å². The smallest absolute Gasteiger partial charge is 0.290 e. The van der Waals surface area contributed by atoms with Crippen LogP contribution < -0.4 is 17.0 Å². The number of hydrogen-bond donors (Lipinski definition) is 2. The molecule has 1 amide bonds. The lowest BCUT2D eigenvalue weighted by Crippen LogP contribution is -2.30. The van der Waals surface area contributed by atoms with Gasteiger partial charge in [-0.1, -0.05) is 30.3 Å². The number of nitrogens with one attached hydrogen (secondary N) is 1. The Morgan fingerprint density at radius 3 is 2.52 bits per heavy atom. The van der Waals surface area contributed by atoms with Gasteiger partial charge in [-0.25, -0.2) is 15.6 Å². The van der Waals surface area contributed by atoms with Crippen molar-refractivity contribution in [2.75, 3.05) is 0 Å². The number of pyridine rings is 1. The third-order valence-electron chi connectivity index (χ3n) is 3.95. The van der Waals surface area contributed by atoms with Crippen LogP contribution >= 0.6 is 0 Å². The molecule has 0 atom stereocenters. The number of benzene rings is 1. The number of aromatic nitrogens is 3. The van der Waals surface area contributed by atoms with Crippen LogP contribution in [0.3, 0.4) is 0 Å². The molecule has 0 saturated heterocycles. The van der Waals surface area contributed by atoms with Crippen LogP contribution in [0.4, 0.5) is 0 Å². The molecule has 0 aliphatic heterocycles. The van der Waals surface area contributed by atoms with Gasteiger partial charge in [0.15, 0.2) is 0 Å². The fraction of sp³-hybridized carbons (Fsp3) is 0.111. The molecule has 0 radical (unpaired) electrons. The van der Waals surface area contributed by atoms with E-state index < -0.39 is 5.91 Å². The molecule has 2 aromatic heterocycles. The summed E-state index contributed by atoms with van der Waals surface area (Å²) in [7, 11) is 0. The van der Waals surface area contributed by atoms with E-state index >= 15 is 0 Å². The zero-order chi connectivity index (χ0) is 17.8. The zero-order valence-corrected chi connectivity index (χ0v) is 13.6. The van der Waals surface area contributed by atoms with Gasteiger partial charge in [0.2, 0.25) is 0 Å². The van der Waals surface area contributed by atoms with E-state index in [9.17, 15) is 9.59 Å². The van der Waals surface area contributed by atoms with Crippen LogP contribution in [-0.2, 0) is 6.54 Å². The Labute approximate surface area is 144 Å². The second-order valence-electron chi connectivity index (χ2n) is 5.50. The van der Waals surface area contributed by atoms with Crippen LogP contribution in [0.15, 0.2) is 59.7 Å². The topological polar surface area (TPSA) is 103 Å². The van der Waals surface area contributed by atoms with Crippen LogP contribution in [-0.4, -0.2) is 20.4 Å². The van der Waals surface area contributed by atoms with Gasteiger partial charge in [-0.2, -0.15) is 0 Å². The number of rotatable bonds is 4. The van der Waals surface area contributed by atoms with Crippen LogP contribution in [0, 0.1) is 6.92 Å². The highest BCUT2D eigenvalue weighted by molar-refractivity contribution is 5.93. The minimum Gasteiger partial charge on any atom is -0.290 e. The fourth-order valence-electron chi connectivity index (χ4n) is 2.56. The SMILES string of the molecule is Cc1c(-c2ccccc2)cnc(=O)n1Cc1ccc(C(=O)NN)cn1. The van der Waals surface area contributed by atoms with Crippen LogP contribution in [0.25, 0.3) is 11.1 Å². The van der Waals surface area contributed by atoms with Crippen molar-refractivity contribution in [2.45, 2.75) is 13.5 Å². The number of carbonyl (C=O) groups excluding carboxylic acids is 1. The van der Waals surface area contributed by atoms with E-state index in [1.807, 2.05) is 37.3 Å². The molecule has 25 heavy (non-hydrogen) atoms. The molecule has 0 saturated carbocycles. The van der Waals surface area contributed by atoms with Gasteiger partial charge in [0, 0.05) is 23.7 Å². The molecule has 3 aromatic rings. The molecular formula is C18H17N5O2. The van der Waals surface area contributed by atoms with Gasteiger partial charge in [-0.3, -0.25) is 19.8 Å². The normalized spacial score (nSPS) is 10.5. The molecule has 3 rings (SSSR count). The molecule has 3 N–H and O–H groups in total. The van der Waals surface area contributed by atoms with Crippen molar-refractivity contribution >= 4 is 5.91 Å². The lowest BCUT2D eigenvalue weighted by Gasteiger charge is -2.13. The minimum atomic E-state index is -0.417. The largest absolute Gasteiger partial charge is 0.348 e. The average molecular weight is 335 g/mol. The van der Waals surface area contributed by atoms with Gasteiger partial charge in [0.1, 0.15) is 0 Å². The molecule has 126 valence electrons. The Morgan fingerprint density at radius 1 is 1.12 bits per heavy atom. The first-order valence-electron chi connectivity index (χ1n) is 7.68.